The molecule has 2 aliphatic rings. The van der Waals surface area contributed by atoms with Crippen molar-refractivity contribution >= 4 is 17.5 Å². The number of ketones is 2. The molecule has 0 aromatic heterocycles. The van der Waals surface area contributed by atoms with E-state index in [1.165, 1.54) is 44.9 Å². The molecule has 0 bridgehead atoms. The molecule has 2 atom stereocenters. The second-order valence-electron chi connectivity index (χ2n) is 8.18. The molecule has 6 heteroatoms. The summed E-state index contributed by atoms with van der Waals surface area (Å²) in [4.78, 5) is 36.9. The lowest BCUT2D eigenvalue weighted by Gasteiger charge is -2.39. The molecular weight excluding hydrogens is 372 g/mol. The van der Waals surface area contributed by atoms with Crippen LogP contribution in [-0.4, -0.2) is 33.3 Å². The van der Waals surface area contributed by atoms with Crippen molar-refractivity contribution in [2.24, 2.45) is 5.92 Å². The molecule has 0 unspecified atom stereocenters. The van der Waals surface area contributed by atoms with E-state index in [1.807, 2.05) is 0 Å². The van der Waals surface area contributed by atoms with E-state index in [0.29, 0.717) is 17.8 Å². The van der Waals surface area contributed by atoms with Crippen molar-refractivity contribution in [1.82, 2.24) is 0 Å². The molecule has 160 valence electrons. The fourth-order valence-corrected chi connectivity index (χ4v) is 3.99. The summed E-state index contributed by atoms with van der Waals surface area (Å²) in [5.74, 6) is -2.67. The zero-order valence-electron chi connectivity index (χ0n) is 17.6. The van der Waals surface area contributed by atoms with E-state index in [1.54, 1.807) is 6.92 Å². The minimum Gasteiger partial charge on any atom is -0.478 e. The number of aliphatic hydroxyl groups is 1. The largest absolute Gasteiger partial charge is 0.478 e. The predicted molar refractivity (Wildman–Crippen MR) is 109 cm³/mol. The Morgan fingerprint density at radius 3 is 2.38 bits per heavy atom. The van der Waals surface area contributed by atoms with Gasteiger partial charge in [0.2, 0.25) is 5.78 Å². The van der Waals surface area contributed by atoms with Crippen LogP contribution in [-0.2, 0) is 19.1 Å². The van der Waals surface area contributed by atoms with Crippen molar-refractivity contribution in [2.45, 2.75) is 84.2 Å². The molecule has 2 N–H and O–H groups in total. The Balaban J connectivity index is 2.08. The Morgan fingerprint density at radius 2 is 1.76 bits per heavy atom. The second kappa shape index (κ2) is 10.0. The molecule has 0 spiro atoms. The van der Waals surface area contributed by atoms with Crippen LogP contribution in [0.25, 0.3) is 0 Å². The van der Waals surface area contributed by atoms with Crippen LogP contribution in [0.2, 0.25) is 0 Å². The number of rotatable bonds is 11. The SMILES string of the molecule is CCCCCCCCCC(=O)C[C@@H]1C2=COC(C)=CC2=C(C(=O)O)C(=O)[C@]1(C)O. The van der Waals surface area contributed by atoms with Crippen LogP contribution < -0.4 is 0 Å². The quantitative estimate of drug-likeness (QED) is 0.395. The van der Waals surface area contributed by atoms with Gasteiger partial charge in [-0.15, -0.1) is 0 Å². The summed E-state index contributed by atoms with van der Waals surface area (Å²) in [7, 11) is 0. The van der Waals surface area contributed by atoms with E-state index < -0.39 is 28.8 Å². The van der Waals surface area contributed by atoms with Crippen LogP contribution >= 0.6 is 0 Å². The van der Waals surface area contributed by atoms with Crippen LogP contribution in [0, 0.1) is 5.92 Å². The van der Waals surface area contributed by atoms with E-state index in [4.69, 9.17) is 4.74 Å². The van der Waals surface area contributed by atoms with Crippen molar-refractivity contribution < 1.29 is 29.3 Å². The average Bonchev–Trinajstić information content (AvgIpc) is 2.65. The fraction of sp³-hybridized carbons (Fsp3) is 0.609. The standard InChI is InChI=1S/C23H32O6/c1-4-5-6-7-8-9-10-11-16(24)13-19-18-14-29-15(2)12-17(18)20(22(26)27)21(25)23(19,3)28/h12,14,19,28H,4-11,13H2,1-3H3,(H,26,27)/t19-,23-/m1/s1. The first-order chi connectivity index (χ1) is 13.7. The van der Waals surface area contributed by atoms with Crippen molar-refractivity contribution in [2.75, 3.05) is 0 Å². The third-order valence-corrected chi connectivity index (χ3v) is 5.75. The zero-order valence-corrected chi connectivity index (χ0v) is 17.6. The van der Waals surface area contributed by atoms with E-state index in [2.05, 4.69) is 6.92 Å². The van der Waals surface area contributed by atoms with Crippen molar-refractivity contribution in [3.05, 3.63) is 34.8 Å². The molecule has 0 saturated carbocycles. The number of allylic oxidation sites excluding steroid dienone is 3. The third-order valence-electron chi connectivity index (χ3n) is 5.75. The lowest BCUT2D eigenvalue weighted by molar-refractivity contribution is -0.143. The average molecular weight is 405 g/mol. The number of hydrogen-bond acceptors (Lipinski definition) is 5. The number of carboxylic acid groups (broad SMARTS) is 1. The first-order valence-electron chi connectivity index (χ1n) is 10.5. The normalized spacial score (nSPS) is 23.9. The Bertz CT molecular complexity index is 753. The third kappa shape index (κ3) is 5.44. The lowest BCUT2D eigenvalue weighted by atomic mass is 9.67. The maximum atomic E-state index is 12.7. The molecular formula is C23H32O6. The monoisotopic (exact) mass is 404 g/mol. The summed E-state index contributed by atoms with van der Waals surface area (Å²) < 4.78 is 5.40. The molecule has 1 heterocycles. The van der Waals surface area contributed by atoms with Crippen LogP contribution in [0.4, 0.5) is 0 Å². The van der Waals surface area contributed by atoms with Gasteiger partial charge in [-0.3, -0.25) is 9.59 Å². The van der Waals surface area contributed by atoms with Crippen LogP contribution in [0.5, 0.6) is 0 Å². The van der Waals surface area contributed by atoms with Gasteiger partial charge in [-0.05, 0) is 26.3 Å². The molecule has 2 rings (SSSR count). The van der Waals surface area contributed by atoms with Gasteiger partial charge in [-0.25, -0.2) is 4.79 Å². The van der Waals surface area contributed by atoms with Crippen LogP contribution in [0.1, 0.15) is 78.6 Å². The topological polar surface area (TPSA) is 101 Å². The number of unbranched alkanes of at least 4 members (excludes halogenated alkanes) is 6. The summed E-state index contributed by atoms with van der Waals surface area (Å²) in [5, 5.41) is 20.4. The van der Waals surface area contributed by atoms with Gasteiger partial charge in [-0.1, -0.05) is 45.4 Å². The van der Waals surface area contributed by atoms with E-state index in [9.17, 15) is 24.6 Å². The first-order valence-corrected chi connectivity index (χ1v) is 10.5. The number of ether oxygens (including phenoxy) is 1. The maximum absolute atomic E-state index is 12.7. The smallest absolute Gasteiger partial charge is 0.340 e. The highest BCUT2D eigenvalue weighted by atomic mass is 16.5. The highest BCUT2D eigenvalue weighted by Crippen LogP contribution is 2.43. The van der Waals surface area contributed by atoms with Crippen LogP contribution in [0.3, 0.4) is 0 Å². The van der Waals surface area contributed by atoms with Gasteiger partial charge in [0, 0.05) is 29.9 Å². The molecule has 0 fully saturated rings. The van der Waals surface area contributed by atoms with E-state index in [-0.39, 0.29) is 17.8 Å². The number of hydrogen-bond donors (Lipinski definition) is 2. The van der Waals surface area contributed by atoms with Gasteiger partial charge in [0.25, 0.3) is 0 Å². The predicted octanol–water partition coefficient (Wildman–Crippen LogP) is 4.24. The molecule has 0 aromatic rings. The molecule has 1 aliphatic carbocycles. The van der Waals surface area contributed by atoms with Crippen LogP contribution in [0.15, 0.2) is 34.8 Å². The van der Waals surface area contributed by atoms with Gasteiger partial charge in [0.15, 0.2) is 0 Å². The Labute approximate surface area is 172 Å². The molecule has 0 radical (unpaired) electrons. The highest BCUT2D eigenvalue weighted by molar-refractivity contribution is 6.22. The van der Waals surface area contributed by atoms with Gasteiger partial charge in [0.05, 0.1) is 6.26 Å². The summed E-state index contributed by atoms with van der Waals surface area (Å²) in [6, 6.07) is 0. The lowest BCUT2D eigenvalue weighted by Crippen LogP contribution is -2.50. The highest BCUT2D eigenvalue weighted by Gasteiger charge is 2.51. The first kappa shape index (κ1) is 23.1. The van der Waals surface area contributed by atoms with Crippen molar-refractivity contribution in [3.63, 3.8) is 0 Å². The van der Waals surface area contributed by atoms with Crippen molar-refractivity contribution in [3.8, 4) is 0 Å². The maximum Gasteiger partial charge on any atom is 0.340 e. The number of aliphatic carboxylic acids is 1. The summed E-state index contributed by atoms with van der Waals surface area (Å²) in [5.41, 5.74) is -1.81. The number of carbonyl (C=O) groups is 3. The number of carboxylic acids is 1. The number of carbonyl (C=O) groups excluding carboxylic acids is 2. The molecule has 6 nitrogen and oxygen atoms in total. The van der Waals surface area contributed by atoms with Gasteiger partial charge >= 0.3 is 5.97 Å². The Morgan fingerprint density at radius 1 is 1.14 bits per heavy atom. The summed E-state index contributed by atoms with van der Waals surface area (Å²) >= 11 is 0. The number of Topliss-reactive ketones (excluding diaryl/α,β-unsaturated/α-hetero) is 2. The van der Waals surface area contributed by atoms with E-state index in [0.717, 1.165) is 19.3 Å². The zero-order chi connectivity index (χ0) is 21.6. The molecule has 0 aromatic carbocycles. The van der Waals surface area contributed by atoms with Gasteiger partial charge < -0.3 is 14.9 Å². The summed E-state index contributed by atoms with van der Waals surface area (Å²) in [6.45, 7) is 5.11. The summed E-state index contributed by atoms with van der Waals surface area (Å²) in [6.07, 6.45) is 10.9. The minimum absolute atomic E-state index is 0.0208. The Kier molecular flexibility index (Phi) is 7.96. The molecule has 0 saturated heterocycles. The van der Waals surface area contributed by atoms with Crippen molar-refractivity contribution in [1.29, 1.82) is 0 Å². The second-order valence-corrected chi connectivity index (χ2v) is 8.18. The molecule has 1 aliphatic heterocycles. The minimum atomic E-state index is -1.97. The molecule has 0 amide bonds. The number of fused-ring (bicyclic) bond motifs is 1. The fourth-order valence-electron chi connectivity index (χ4n) is 3.99. The molecule has 29 heavy (non-hydrogen) atoms. The van der Waals surface area contributed by atoms with E-state index >= 15 is 0 Å². The van der Waals surface area contributed by atoms with Gasteiger partial charge in [0.1, 0.15) is 22.7 Å². The Hall–Kier alpha value is -2.21. The van der Waals surface area contributed by atoms with Gasteiger partial charge in [-0.2, -0.15) is 0 Å².